The van der Waals surface area contributed by atoms with Gasteiger partial charge in [0.05, 0.1) is 44.2 Å². The third-order valence-corrected chi connectivity index (χ3v) is 4.95. The largest absolute Gasteiger partial charge is 0.416 e. The molecule has 0 aliphatic carbocycles. The van der Waals surface area contributed by atoms with E-state index in [1.807, 2.05) is 4.90 Å². The van der Waals surface area contributed by atoms with E-state index in [-0.39, 0.29) is 38.0 Å². The van der Waals surface area contributed by atoms with Crippen molar-refractivity contribution in [2.45, 2.75) is 18.4 Å². The molecule has 0 radical (unpaired) electrons. The summed E-state index contributed by atoms with van der Waals surface area (Å²) in [4.78, 5) is 16.4. The van der Waals surface area contributed by atoms with Crippen molar-refractivity contribution in [2.24, 2.45) is 0 Å². The third kappa shape index (κ3) is 8.51. The molecule has 0 unspecified atom stereocenters. The Bertz CT molecular complexity index is 732. The number of morpholine rings is 1. The van der Waals surface area contributed by atoms with Gasteiger partial charge >= 0.3 is 6.18 Å². The van der Waals surface area contributed by atoms with Crippen LogP contribution in [-0.2, 0) is 20.4 Å². The van der Waals surface area contributed by atoms with Gasteiger partial charge < -0.3 is 24.2 Å². The molecule has 1 fully saturated rings. The lowest BCUT2D eigenvalue weighted by molar-refractivity contribution is -0.137. The van der Waals surface area contributed by atoms with E-state index in [1.165, 1.54) is 24.1 Å². The topological polar surface area (TPSA) is 71.5 Å². The number of carbonyl (C=O) groups is 1. The molecule has 1 N–H and O–H groups in total. The molecule has 0 bridgehead atoms. The highest BCUT2D eigenvalue weighted by Crippen LogP contribution is 2.29. The van der Waals surface area contributed by atoms with Gasteiger partial charge in [-0.15, -0.1) is 6.58 Å². The second-order valence-electron chi connectivity index (χ2n) is 7.55. The molecule has 32 heavy (non-hydrogen) atoms. The molecule has 1 aromatic carbocycles. The van der Waals surface area contributed by atoms with Crippen molar-refractivity contribution in [1.29, 1.82) is 0 Å². The van der Waals surface area contributed by atoms with Crippen molar-refractivity contribution >= 4 is 5.91 Å². The molecule has 10 heteroatoms. The van der Waals surface area contributed by atoms with Crippen LogP contribution in [0.15, 0.2) is 36.9 Å². The van der Waals surface area contributed by atoms with E-state index in [0.717, 1.165) is 12.1 Å². The first-order valence-electron chi connectivity index (χ1n) is 10.4. The Morgan fingerprint density at radius 2 is 2.25 bits per heavy atom. The SMILES string of the molecule is C=CCOC[C@H](O)CN1CCO[C@@H](CN(CCOC)C(=O)c2cccc(C(F)(F)F)c2)C1. The van der Waals surface area contributed by atoms with E-state index >= 15 is 0 Å². The van der Waals surface area contributed by atoms with Crippen molar-refractivity contribution in [3.8, 4) is 0 Å². The Labute approximate surface area is 186 Å². The fraction of sp³-hybridized carbons (Fsp3) is 0.591. The Morgan fingerprint density at radius 1 is 1.47 bits per heavy atom. The Morgan fingerprint density at radius 3 is 2.94 bits per heavy atom. The number of hydrogen-bond donors (Lipinski definition) is 1. The number of halogens is 3. The molecule has 2 atom stereocenters. The zero-order valence-corrected chi connectivity index (χ0v) is 18.2. The van der Waals surface area contributed by atoms with Crippen molar-refractivity contribution in [3.05, 3.63) is 48.0 Å². The summed E-state index contributed by atoms with van der Waals surface area (Å²) in [7, 11) is 1.49. The van der Waals surface area contributed by atoms with Gasteiger partial charge in [-0.1, -0.05) is 12.1 Å². The number of rotatable bonds is 12. The molecule has 1 aromatic rings. The molecule has 1 heterocycles. The van der Waals surface area contributed by atoms with Gasteiger partial charge in [-0.25, -0.2) is 0 Å². The standard InChI is InChI=1S/C22H31F3N2O5/c1-3-9-31-16-19(28)13-26-7-11-32-20(14-26)15-27(8-10-30-2)21(29)17-5-4-6-18(12-17)22(23,24)25/h3-6,12,19-20,28H,1,7-11,13-16H2,2H3/t19-,20-/m1/s1. The fourth-order valence-corrected chi connectivity index (χ4v) is 3.43. The highest BCUT2D eigenvalue weighted by Gasteiger charge is 2.32. The van der Waals surface area contributed by atoms with Crippen LogP contribution in [0.2, 0.25) is 0 Å². The molecule has 1 aliphatic heterocycles. The molecule has 0 aromatic heterocycles. The maximum absolute atomic E-state index is 13.0. The van der Waals surface area contributed by atoms with Crippen LogP contribution in [0.25, 0.3) is 0 Å². The van der Waals surface area contributed by atoms with Crippen LogP contribution >= 0.6 is 0 Å². The highest BCUT2D eigenvalue weighted by molar-refractivity contribution is 5.94. The van der Waals surface area contributed by atoms with Crippen LogP contribution < -0.4 is 0 Å². The minimum Gasteiger partial charge on any atom is -0.389 e. The van der Waals surface area contributed by atoms with Gasteiger partial charge in [-0.3, -0.25) is 9.69 Å². The predicted molar refractivity (Wildman–Crippen MR) is 112 cm³/mol. The molecule has 1 aliphatic rings. The number of ether oxygens (including phenoxy) is 3. The molecule has 1 saturated heterocycles. The van der Waals surface area contributed by atoms with E-state index in [2.05, 4.69) is 6.58 Å². The fourth-order valence-electron chi connectivity index (χ4n) is 3.43. The number of benzene rings is 1. The van der Waals surface area contributed by atoms with Gasteiger partial charge in [0.15, 0.2) is 0 Å². The lowest BCUT2D eigenvalue weighted by Crippen LogP contribution is -2.51. The number of amides is 1. The zero-order valence-electron chi connectivity index (χ0n) is 18.2. The van der Waals surface area contributed by atoms with E-state index in [9.17, 15) is 23.1 Å². The summed E-state index contributed by atoms with van der Waals surface area (Å²) >= 11 is 0. The van der Waals surface area contributed by atoms with Crippen molar-refractivity contribution in [1.82, 2.24) is 9.80 Å². The minimum absolute atomic E-state index is 0.0432. The zero-order chi connectivity index (χ0) is 23.6. The monoisotopic (exact) mass is 460 g/mol. The predicted octanol–water partition coefficient (Wildman–Crippen LogP) is 2.06. The molecule has 7 nitrogen and oxygen atoms in total. The normalized spacial score (nSPS) is 18.3. The van der Waals surface area contributed by atoms with Crippen molar-refractivity contribution in [3.63, 3.8) is 0 Å². The highest BCUT2D eigenvalue weighted by atomic mass is 19.4. The van der Waals surface area contributed by atoms with Gasteiger partial charge in [0.25, 0.3) is 5.91 Å². The number of β-amino-alcohol motifs (C(OH)–C–C–N with tert-alkyl or cyclic N) is 1. The van der Waals surface area contributed by atoms with Crippen LogP contribution in [0, 0.1) is 0 Å². The van der Waals surface area contributed by atoms with Crippen molar-refractivity contribution < 1.29 is 37.3 Å². The summed E-state index contributed by atoms with van der Waals surface area (Å²) in [6.45, 7) is 6.63. The van der Waals surface area contributed by atoms with Crippen LogP contribution in [-0.4, -0.2) is 99.3 Å². The first-order chi connectivity index (χ1) is 15.2. The summed E-state index contributed by atoms with van der Waals surface area (Å²) in [5.74, 6) is -0.522. The van der Waals surface area contributed by atoms with Crippen LogP contribution in [0.3, 0.4) is 0 Å². The average Bonchev–Trinajstić information content (AvgIpc) is 2.76. The number of methoxy groups -OCH3 is 1. The Hall–Kier alpha value is -1.98. The summed E-state index contributed by atoms with van der Waals surface area (Å²) in [6.07, 6.45) is -3.95. The molecule has 180 valence electrons. The van der Waals surface area contributed by atoms with Gasteiger partial charge in [-0.2, -0.15) is 13.2 Å². The number of alkyl halides is 3. The second kappa shape index (κ2) is 12.9. The van der Waals surface area contributed by atoms with Gasteiger partial charge in [0.1, 0.15) is 0 Å². The second-order valence-corrected chi connectivity index (χ2v) is 7.55. The number of aliphatic hydroxyl groups is 1. The maximum Gasteiger partial charge on any atom is 0.416 e. The van der Waals surface area contributed by atoms with E-state index in [4.69, 9.17) is 14.2 Å². The molecule has 2 rings (SSSR count). The Kier molecular flexibility index (Phi) is 10.6. The number of hydrogen-bond acceptors (Lipinski definition) is 6. The van der Waals surface area contributed by atoms with Crippen LogP contribution in [0.4, 0.5) is 13.2 Å². The molecule has 0 spiro atoms. The molecule has 0 saturated carbocycles. The quantitative estimate of drug-likeness (QED) is 0.380. The summed E-state index contributed by atoms with van der Waals surface area (Å²) in [6, 6.07) is 4.38. The summed E-state index contributed by atoms with van der Waals surface area (Å²) in [5.41, 5.74) is -0.916. The summed E-state index contributed by atoms with van der Waals surface area (Å²) < 4.78 is 55.3. The van der Waals surface area contributed by atoms with Crippen LogP contribution in [0.5, 0.6) is 0 Å². The Balaban J connectivity index is 2.02. The first-order valence-corrected chi connectivity index (χ1v) is 10.4. The molecule has 1 amide bonds. The first kappa shape index (κ1) is 26.3. The van der Waals surface area contributed by atoms with Gasteiger partial charge in [0.2, 0.25) is 0 Å². The lowest BCUT2D eigenvalue weighted by atomic mass is 10.1. The van der Waals surface area contributed by atoms with E-state index < -0.39 is 23.8 Å². The molecular formula is C22H31F3N2O5. The average molecular weight is 460 g/mol. The van der Waals surface area contributed by atoms with Gasteiger partial charge in [-0.05, 0) is 18.2 Å². The minimum atomic E-state index is -4.53. The number of nitrogens with zero attached hydrogens (tertiary/aromatic N) is 2. The van der Waals surface area contributed by atoms with Gasteiger partial charge in [0, 0.05) is 45.4 Å². The van der Waals surface area contributed by atoms with Crippen LogP contribution in [0.1, 0.15) is 15.9 Å². The third-order valence-electron chi connectivity index (χ3n) is 4.95. The number of carbonyl (C=O) groups excluding carboxylic acids is 1. The van der Waals surface area contributed by atoms with Crippen molar-refractivity contribution in [2.75, 3.05) is 66.3 Å². The molecular weight excluding hydrogens is 429 g/mol. The maximum atomic E-state index is 13.0. The summed E-state index contributed by atoms with van der Waals surface area (Å²) in [5, 5.41) is 10.1. The lowest BCUT2D eigenvalue weighted by Gasteiger charge is -2.36. The smallest absolute Gasteiger partial charge is 0.389 e. The number of aliphatic hydroxyl groups excluding tert-OH is 1. The van der Waals surface area contributed by atoms with E-state index in [0.29, 0.717) is 32.8 Å². The van der Waals surface area contributed by atoms with E-state index in [1.54, 1.807) is 6.08 Å².